The normalized spacial score (nSPS) is 19.4. The second-order valence-electron chi connectivity index (χ2n) is 9.98. The fourth-order valence-corrected chi connectivity index (χ4v) is 5.48. The maximum absolute atomic E-state index is 5.60. The maximum Gasteiger partial charge on any atom is 0.197 e. The highest BCUT2D eigenvalue weighted by molar-refractivity contribution is 5.90. The Morgan fingerprint density at radius 2 is 2.06 bits per heavy atom. The molecule has 35 heavy (non-hydrogen) atoms. The van der Waals surface area contributed by atoms with Crippen molar-refractivity contribution in [1.82, 2.24) is 29.5 Å². The zero-order valence-corrected chi connectivity index (χ0v) is 20.7. The summed E-state index contributed by atoms with van der Waals surface area (Å²) < 4.78 is 12.9. The Balaban J connectivity index is 1.30. The molecule has 1 atom stereocenters. The number of nitrogens with zero attached hydrogens (tertiary/aromatic N) is 6. The largest absolute Gasteiger partial charge is 0.493 e. The van der Waals surface area contributed by atoms with Crippen LogP contribution in [0.3, 0.4) is 0 Å². The molecule has 9 nitrogen and oxygen atoms in total. The number of pyridine rings is 2. The van der Waals surface area contributed by atoms with Crippen LogP contribution in [0.1, 0.15) is 31.7 Å². The zero-order valence-electron chi connectivity index (χ0n) is 20.7. The van der Waals surface area contributed by atoms with Gasteiger partial charge in [-0.1, -0.05) is 13.8 Å². The van der Waals surface area contributed by atoms with Crippen molar-refractivity contribution >= 4 is 22.5 Å². The third kappa shape index (κ3) is 4.12. The smallest absolute Gasteiger partial charge is 0.197 e. The number of anilines is 1. The van der Waals surface area contributed by atoms with Gasteiger partial charge in [-0.05, 0) is 36.5 Å². The number of rotatable bonds is 6. The molecule has 6 heterocycles. The third-order valence-electron chi connectivity index (χ3n) is 7.33. The van der Waals surface area contributed by atoms with Gasteiger partial charge in [-0.3, -0.25) is 4.90 Å². The summed E-state index contributed by atoms with van der Waals surface area (Å²) in [7, 11) is 1.66. The molecule has 4 aromatic rings. The quantitative estimate of drug-likeness (QED) is 0.456. The number of aromatic nitrogens is 5. The molecular formula is C26H33N7O2. The van der Waals surface area contributed by atoms with Gasteiger partial charge in [-0.25, -0.2) is 14.5 Å². The van der Waals surface area contributed by atoms with Crippen molar-refractivity contribution in [3.63, 3.8) is 0 Å². The predicted molar refractivity (Wildman–Crippen MR) is 136 cm³/mol. The molecule has 0 aromatic carbocycles. The fourth-order valence-electron chi connectivity index (χ4n) is 5.48. The van der Waals surface area contributed by atoms with Gasteiger partial charge in [0.15, 0.2) is 11.4 Å². The highest BCUT2D eigenvalue weighted by Gasteiger charge is 2.25. The van der Waals surface area contributed by atoms with Crippen LogP contribution < -0.4 is 9.64 Å². The summed E-state index contributed by atoms with van der Waals surface area (Å²) in [5, 5.41) is 4.33. The van der Waals surface area contributed by atoms with E-state index in [0.29, 0.717) is 23.2 Å². The molecule has 6 rings (SSSR count). The van der Waals surface area contributed by atoms with Gasteiger partial charge in [0.05, 0.1) is 30.4 Å². The number of piperazine rings is 1. The standard InChI is InChI=1S/C26H33N7O2/c1-17(2)23-24(19-12-21(34-3)26-27-16-28-33(26)14-19)29-20-4-5-22(30-25(20)23)32-9-7-31(8-10-32)13-18-6-11-35-15-18/h4-5,12,14,16-18,29H,6-11,13,15H2,1-3H3. The van der Waals surface area contributed by atoms with Crippen LogP contribution in [0.25, 0.3) is 27.9 Å². The van der Waals surface area contributed by atoms with E-state index >= 15 is 0 Å². The average Bonchev–Trinajstić information content (AvgIpc) is 3.62. The summed E-state index contributed by atoms with van der Waals surface area (Å²) in [5.41, 5.74) is 6.06. The number of hydrogen-bond acceptors (Lipinski definition) is 7. The maximum atomic E-state index is 5.60. The van der Waals surface area contributed by atoms with Crippen molar-refractivity contribution in [3.8, 4) is 17.0 Å². The van der Waals surface area contributed by atoms with E-state index in [9.17, 15) is 0 Å². The molecule has 1 unspecified atom stereocenters. The number of nitrogens with one attached hydrogen (secondary N) is 1. The molecule has 0 bridgehead atoms. The van der Waals surface area contributed by atoms with E-state index < -0.39 is 0 Å². The minimum absolute atomic E-state index is 0.296. The Bertz CT molecular complexity index is 1330. The average molecular weight is 476 g/mol. The van der Waals surface area contributed by atoms with Gasteiger partial charge in [0.25, 0.3) is 0 Å². The van der Waals surface area contributed by atoms with E-state index in [1.165, 1.54) is 12.0 Å². The van der Waals surface area contributed by atoms with Crippen LogP contribution in [0.4, 0.5) is 5.82 Å². The van der Waals surface area contributed by atoms with Crippen LogP contribution in [0.15, 0.2) is 30.7 Å². The zero-order chi connectivity index (χ0) is 23.9. The van der Waals surface area contributed by atoms with Gasteiger partial charge in [0.2, 0.25) is 0 Å². The first-order valence-corrected chi connectivity index (χ1v) is 12.6. The minimum atomic E-state index is 0.296. The van der Waals surface area contributed by atoms with Gasteiger partial charge in [-0.15, -0.1) is 0 Å². The topological polar surface area (TPSA) is 83.8 Å². The van der Waals surface area contributed by atoms with Gasteiger partial charge < -0.3 is 19.4 Å². The predicted octanol–water partition coefficient (Wildman–Crippen LogP) is 3.56. The number of aromatic amines is 1. The SMILES string of the molecule is COc1cc(-c2[nH]c3ccc(N4CCN(CC5CCOC5)CC4)nc3c2C(C)C)cn2ncnc12. The molecule has 0 amide bonds. The summed E-state index contributed by atoms with van der Waals surface area (Å²) in [6.45, 7) is 11.6. The number of ether oxygens (including phenoxy) is 2. The van der Waals surface area contributed by atoms with Crippen LogP contribution in [-0.4, -0.2) is 82.5 Å². The van der Waals surface area contributed by atoms with E-state index in [2.05, 4.69) is 50.8 Å². The lowest BCUT2D eigenvalue weighted by atomic mass is 9.99. The summed E-state index contributed by atoms with van der Waals surface area (Å²) >= 11 is 0. The molecule has 2 aliphatic rings. The van der Waals surface area contributed by atoms with E-state index in [0.717, 1.165) is 74.0 Å². The third-order valence-corrected chi connectivity index (χ3v) is 7.33. The van der Waals surface area contributed by atoms with Crippen molar-refractivity contribution < 1.29 is 9.47 Å². The molecule has 0 saturated carbocycles. The van der Waals surface area contributed by atoms with E-state index in [1.807, 2.05) is 12.3 Å². The van der Waals surface area contributed by atoms with E-state index in [-0.39, 0.29) is 0 Å². The first-order valence-electron chi connectivity index (χ1n) is 12.6. The lowest BCUT2D eigenvalue weighted by Crippen LogP contribution is -2.48. The summed E-state index contributed by atoms with van der Waals surface area (Å²) in [6.07, 6.45) is 4.74. The van der Waals surface area contributed by atoms with Crippen molar-refractivity contribution in [2.75, 3.05) is 57.9 Å². The van der Waals surface area contributed by atoms with Gasteiger partial charge in [0.1, 0.15) is 12.1 Å². The van der Waals surface area contributed by atoms with Gasteiger partial charge >= 0.3 is 0 Å². The van der Waals surface area contributed by atoms with E-state index in [4.69, 9.17) is 14.5 Å². The Labute approximate surface area is 205 Å². The molecule has 2 saturated heterocycles. The second kappa shape index (κ2) is 9.13. The van der Waals surface area contributed by atoms with Crippen LogP contribution in [0, 0.1) is 5.92 Å². The summed E-state index contributed by atoms with van der Waals surface area (Å²) in [5.74, 6) is 2.74. The first kappa shape index (κ1) is 22.3. The molecule has 2 aliphatic heterocycles. The van der Waals surface area contributed by atoms with Crippen molar-refractivity contribution in [2.45, 2.75) is 26.2 Å². The molecule has 0 aliphatic carbocycles. The Morgan fingerprint density at radius 1 is 1.20 bits per heavy atom. The molecule has 1 N–H and O–H groups in total. The Hall–Kier alpha value is -3.17. The lowest BCUT2D eigenvalue weighted by Gasteiger charge is -2.36. The van der Waals surface area contributed by atoms with Crippen LogP contribution in [0.2, 0.25) is 0 Å². The summed E-state index contributed by atoms with van der Waals surface area (Å²) in [4.78, 5) is 18.1. The van der Waals surface area contributed by atoms with Crippen LogP contribution in [0.5, 0.6) is 5.75 Å². The fraction of sp³-hybridized carbons (Fsp3) is 0.500. The number of fused-ring (bicyclic) bond motifs is 2. The summed E-state index contributed by atoms with van der Waals surface area (Å²) in [6, 6.07) is 6.34. The molecule has 0 radical (unpaired) electrons. The molecule has 9 heteroatoms. The van der Waals surface area contributed by atoms with Crippen LogP contribution >= 0.6 is 0 Å². The Morgan fingerprint density at radius 3 is 2.80 bits per heavy atom. The van der Waals surface area contributed by atoms with Crippen molar-refractivity contribution in [2.24, 2.45) is 5.92 Å². The Kier molecular flexibility index (Phi) is 5.82. The monoisotopic (exact) mass is 475 g/mol. The molecular weight excluding hydrogens is 442 g/mol. The van der Waals surface area contributed by atoms with Gasteiger partial charge in [0, 0.05) is 56.7 Å². The number of methoxy groups -OCH3 is 1. The van der Waals surface area contributed by atoms with E-state index in [1.54, 1.807) is 18.0 Å². The first-order chi connectivity index (χ1) is 17.1. The van der Waals surface area contributed by atoms with Crippen LogP contribution in [-0.2, 0) is 4.74 Å². The van der Waals surface area contributed by atoms with Gasteiger partial charge in [-0.2, -0.15) is 5.10 Å². The number of H-pyrrole nitrogens is 1. The molecule has 2 fully saturated rings. The number of hydrogen-bond donors (Lipinski definition) is 1. The second-order valence-corrected chi connectivity index (χ2v) is 9.98. The van der Waals surface area contributed by atoms with Crippen molar-refractivity contribution in [1.29, 1.82) is 0 Å². The highest BCUT2D eigenvalue weighted by atomic mass is 16.5. The minimum Gasteiger partial charge on any atom is -0.493 e. The van der Waals surface area contributed by atoms with Crippen molar-refractivity contribution in [3.05, 3.63) is 36.3 Å². The molecule has 184 valence electrons. The molecule has 4 aromatic heterocycles. The highest BCUT2D eigenvalue weighted by Crippen LogP contribution is 2.37. The molecule has 0 spiro atoms. The lowest BCUT2D eigenvalue weighted by molar-refractivity contribution is 0.164.